The minimum atomic E-state index is -0.342. The molecule has 0 amide bonds. The number of alkyl halides is 1. The monoisotopic (exact) mass is 264 g/mol. The fourth-order valence-corrected chi connectivity index (χ4v) is 1.68. The highest BCUT2D eigenvalue weighted by Crippen LogP contribution is 2.21. The molecule has 0 bridgehead atoms. The van der Waals surface area contributed by atoms with Crippen molar-refractivity contribution in [3.8, 4) is 0 Å². The molecule has 0 saturated heterocycles. The highest BCUT2D eigenvalue weighted by molar-refractivity contribution is 9.10. The number of halogens is 3. The molecule has 0 aliphatic rings. The Morgan fingerprint density at radius 2 is 2.23 bits per heavy atom. The van der Waals surface area contributed by atoms with Crippen LogP contribution in [0.15, 0.2) is 16.6 Å². The van der Waals surface area contributed by atoms with E-state index in [2.05, 4.69) is 15.9 Å². The second-order valence-electron chi connectivity index (χ2n) is 2.65. The summed E-state index contributed by atoms with van der Waals surface area (Å²) in [5.74, 6) is -0.631. The summed E-state index contributed by atoms with van der Waals surface area (Å²) in [6.45, 7) is 1.60. The molecule has 0 saturated carbocycles. The van der Waals surface area contributed by atoms with E-state index in [9.17, 15) is 9.18 Å². The molecule has 0 aliphatic heterocycles. The Labute approximate surface area is 89.0 Å². The van der Waals surface area contributed by atoms with Crippen LogP contribution in [-0.4, -0.2) is 11.7 Å². The smallest absolute Gasteiger partial charge is 0.177 e. The Bertz CT molecular complexity index is 328. The van der Waals surface area contributed by atoms with Gasteiger partial charge in [0, 0.05) is 5.56 Å². The van der Waals surface area contributed by atoms with Gasteiger partial charge in [-0.3, -0.25) is 4.79 Å². The fraction of sp³-hybridized carbons (Fsp3) is 0.222. The highest BCUT2D eigenvalue weighted by atomic mass is 79.9. The van der Waals surface area contributed by atoms with E-state index in [4.69, 9.17) is 11.6 Å². The van der Waals surface area contributed by atoms with Crippen LogP contribution in [0.4, 0.5) is 4.39 Å². The molecule has 0 fully saturated rings. The first kappa shape index (κ1) is 10.7. The summed E-state index contributed by atoms with van der Waals surface area (Å²) in [4.78, 5) is 11.2. The minimum absolute atomic E-state index is 0.0858. The van der Waals surface area contributed by atoms with E-state index in [1.165, 1.54) is 12.1 Å². The van der Waals surface area contributed by atoms with E-state index in [1.54, 1.807) is 6.92 Å². The van der Waals surface area contributed by atoms with Gasteiger partial charge in [0.25, 0.3) is 0 Å². The molecule has 0 aromatic heterocycles. The lowest BCUT2D eigenvalue weighted by molar-refractivity contribution is 0.102. The van der Waals surface area contributed by atoms with Gasteiger partial charge in [0.2, 0.25) is 0 Å². The number of Topliss-reactive ketones (excluding diaryl/α,β-unsaturated/α-hetero) is 1. The van der Waals surface area contributed by atoms with Crippen molar-refractivity contribution in [2.45, 2.75) is 6.92 Å². The molecule has 0 radical (unpaired) electrons. The largest absolute Gasteiger partial charge is 0.293 e. The zero-order chi connectivity index (χ0) is 10.0. The predicted molar refractivity (Wildman–Crippen MR) is 53.9 cm³/mol. The van der Waals surface area contributed by atoms with E-state index in [-0.39, 0.29) is 17.5 Å². The van der Waals surface area contributed by atoms with E-state index >= 15 is 0 Å². The van der Waals surface area contributed by atoms with Crippen molar-refractivity contribution in [2.24, 2.45) is 0 Å². The number of aryl methyl sites for hydroxylation is 1. The topological polar surface area (TPSA) is 17.1 Å². The average molecular weight is 266 g/mol. The summed E-state index contributed by atoms with van der Waals surface area (Å²) < 4.78 is 13.4. The molecule has 0 heterocycles. The van der Waals surface area contributed by atoms with Gasteiger partial charge in [0.1, 0.15) is 5.82 Å². The van der Waals surface area contributed by atoms with Crippen LogP contribution >= 0.6 is 27.5 Å². The zero-order valence-electron chi connectivity index (χ0n) is 6.90. The maximum absolute atomic E-state index is 13.1. The predicted octanol–water partition coefficient (Wildman–Crippen LogP) is 3.32. The first-order valence-electron chi connectivity index (χ1n) is 3.61. The minimum Gasteiger partial charge on any atom is -0.293 e. The van der Waals surface area contributed by atoms with Crippen molar-refractivity contribution in [3.63, 3.8) is 0 Å². The maximum Gasteiger partial charge on any atom is 0.177 e. The summed E-state index contributed by atoms with van der Waals surface area (Å²) in [6, 6.07) is 2.93. The Hall–Kier alpha value is -0.410. The summed E-state index contributed by atoms with van der Waals surface area (Å²) in [5.41, 5.74) is 0.864. The normalized spacial score (nSPS) is 10.2. The van der Waals surface area contributed by atoms with Gasteiger partial charge < -0.3 is 0 Å². The molecule has 0 spiro atoms. The third-order valence-corrected chi connectivity index (χ3v) is 2.47. The number of benzene rings is 1. The van der Waals surface area contributed by atoms with Gasteiger partial charge in [-0.1, -0.05) is 0 Å². The Morgan fingerprint density at radius 3 is 2.69 bits per heavy atom. The lowest BCUT2D eigenvalue weighted by Gasteiger charge is -2.02. The van der Waals surface area contributed by atoms with E-state index in [0.29, 0.717) is 15.6 Å². The first-order chi connectivity index (χ1) is 6.06. The van der Waals surface area contributed by atoms with Gasteiger partial charge >= 0.3 is 0 Å². The average Bonchev–Trinajstić information content (AvgIpc) is 2.12. The Kier molecular flexibility index (Phi) is 3.45. The zero-order valence-corrected chi connectivity index (χ0v) is 9.25. The van der Waals surface area contributed by atoms with Crippen LogP contribution < -0.4 is 0 Å². The van der Waals surface area contributed by atoms with Gasteiger partial charge in [-0.2, -0.15) is 0 Å². The van der Waals surface area contributed by atoms with E-state index in [0.717, 1.165) is 0 Å². The van der Waals surface area contributed by atoms with Gasteiger partial charge in [-0.05, 0) is 40.5 Å². The molecule has 70 valence electrons. The number of rotatable bonds is 2. The number of carbonyl (C=O) groups is 1. The van der Waals surface area contributed by atoms with Crippen molar-refractivity contribution >= 4 is 33.3 Å². The summed E-state index contributed by atoms with van der Waals surface area (Å²) in [6.07, 6.45) is 0. The molecular formula is C9H7BrClFO. The van der Waals surface area contributed by atoms with Crippen LogP contribution in [0.25, 0.3) is 0 Å². The number of ketones is 1. The SMILES string of the molecule is Cc1cc(C(=O)CCl)cc(Br)c1F. The molecule has 0 aliphatic carbocycles. The first-order valence-corrected chi connectivity index (χ1v) is 4.94. The Morgan fingerprint density at radius 1 is 1.62 bits per heavy atom. The summed E-state index contributed by atoms with van der Waals surface area (Å²) in [5, 5.41) is 0. The molecule has 4 heteroatoms. The van der Waals surface area contributed by atoms with Crippen molar-refractivity contribution in [2.75, 3.05) is 5.88 Å². The van der Waals surface area contributed by atoms with Gasteiger partial charge in [-0.15, -0.1) is 11.6 Å². The van der Waals surface area contributed by atoms with Gasteiger partial charge in [-0.25, -0.2) is 4.39 Å². The second kappa shape index (κ2) is 4.20. The molecule has 1 nitrogen and oxygen atoms in total. The standard InChI is InChI=1S/C9H7BrClFO/c1-5-2-6(8(13)4-11)3-7(10)9(5)12/h2-3H,4H2,1H3. The molecule has 0 atom stereocenters. The van der Waals surface area contributed by atoms with Crippen molar-refractivity contribution in [1.29, 1.82) is 0 Å². The van der Waals surface area contributed by atoms with Crippen molar-refractivity contribution in [3.05, 3.63) is 33.5 Å². The van der Waals surface area contributed by atoms with Gasteiger partial charge in [0.15, 0.2) is 5.78 Å². The van der Waals surface area contributed by atoms with E-state index in [1.807, 2.05) is 0 Å². The molecule has 0 unspecified atom stereocenters. The van der Waals surface area contributed by atoms with Gasteiger partial charge in [0.05, 0.1) is 10.4 Å². The number of hydrogen-bond acceptors (Lipinski definition) is 1. The van der Waals surface area contributed by atoms with Crippen LogP contribution in [0.2, 0.25) is 0 Å². The maximum atomic E-state index is 13.1. The van der Waals surface area contributed by atoms with Crippen LogP contribution in [0.5, 0.6) is 0 Å². The van der Waals surface area contributed by atoms with Crippen molar-refractivity contribution in [1.82, 2.24) is 0 Å². The Balaban J connectivity index is 3.20. The lowest BCUT2D eigenvalue weighted by Crippen LogP contribution is -2.01. The lowest BCUT2D eigenvalue weighted by atomic mass is 10.1. The number of carbonyl (C=O) groups excluding carboxylic acids is 1. The second-order valence-corrected chi connectivity index (χ2v) is 3.77. The molecule has 1 rings (SSSR count). The molecule has 13 heavy (non-hydrogen) atoms. The van der Waals surface area contributed by atoms with Crippen LogP contribution in [0.1, 0.15) is 15.9 Å². The quantitative estimate of drug-likeness (QED) is 0.592. The van der Waals surface area contributed by atoms with Crippen LogP contribution in [0, 0.1) is 12.7 Å². The molecular weight excluding hydrogens is 258 g/mol. The molecule has 1 aromatic carbocycles. The van der Waals surface area contributed by atoms with Crippen LogP contribution in [0.3, 0.4) is 0 Å². The summed E-state index contributed by atoms with van der Waals surface area (Å²) >= 11 is 8.40. The number of hydrogen-bond donors (Lipinski definition) is 0. The van der Waals surface area contributed by atoms with Crippen molar-refractivity contribution < 1.29 is 9.18 Å². The third-order valence-electron chi connectivity index (χ3n) is 1.65. The molecule has 0 N–H and O–H groups in total. The van der Waals surface area contributed by atoms with Crippen LogP contribution in [-0.2, 0) is 0 Å². The summed E-state index contributed by atoms with van der Waals surface area (Å²) in [7, 11) is 0. The third kappa shape index (κ3) is 2.29. The molecule has 1 aromatic rings. The highest BCUT2D eigenvalue weighted by Gasteiger charge is 2.10. The van der Waals surface area contributed by atoms with E-state index < -0.39 is 0 Å². The fourth-order valence-electron chi connectivity index (χ4n) is 0.965.